The van der Waals surface area contributed by atoms with Gasteiger partial charge in [0.2, 0.25) is 0 Å². The minimum absolute atomic E-state index is 0.0438. The van der Waals surface area contributed by atoms with Gasteiger partial charge in [0.25, 0.3) is 0 Å². The highest BCUT2D eigenvalue weighted by molar-refractivity contribution is 6.30. The molecule has 0 aliphatic heterocycles. The van der Waals surface area contributed by atoms with Crippen LogP contribution in [0.25, 0.3) is 0 Å². The van der Waals surface area contributed by atoms with Gasteiger partial charge in [-0.15, -0.1) is 0 Å². The number of oxime groups is 1. The molecule has 104 valence electrons. The van der Waals surface area contributed by atoms with E-state index in [1.165, 1.54) is 18.2 Å². The van der Waals surface area contributed by atoms with Crippen LogP contribution in [0, 0.1) is 5.82 Å². The highest BCUT2D eigenvalue weighted by Gasteiger charge is 2.09. The van der Waals surface area contributed by atoms with Gasteiger partial charge in [-0.25, -0.2) is 4.39 Å². The topological polar surface area (TPSA) is 41.8 Å². The Balaban J connectivity index is 2.21. The number of hydrogen-bond donors (Lipinski definition) is 1. The number of rotatable bonds is 4. The van der Waals surface area contributed by atoms with Gasteiger partial charge in [-0.1, -0.05) is 28.9 Å². The summed E-state index contributed by atoms with van der Waals surface area (Å²) in [6, 6.07) is 11.4. The Bertz CT molecular complexity index is 644. The molecule has 0 radical (unpaired) electrons. The number of hydrogen-bond acceptors (Lipinski definition) is 3. The second-order valence-corrected chi connectivity index (χ2v) is 4.64. The standard InChI is InChI=1S/C15H13ClFNO2/c1-10(18-19)13-4-2-3-5-15(13)20-9-11-8-12(16)6-7-14(11)17/h2-8,19H,9H2,1H3/b18-10-. The van der Waals surface area contributed by atoms with Crippen molar-refractivity contribution in [3.63, 3.8) is 0 Å². The first-order chi connectivity index (χ1) is 9.61. The first-order valence-corrected chi connectivity index (χ1v) is 6.34. The van der Waals surface area contributed by atoms with Crippen molar-refractivity contribution in [2.24, 2.45) is 5.16 Å². The smallest absolute Gasteiger partial charge is 0.129 e. The second-order valence-electron chi connectivity index (χ2n) is 4.21. The van der Waals surface area contributed by atoms with Crippen molar-refractivity contribution < 1.29 is 14.3 Å². The molecular weight excluding hydrogens is 281 g/mol. The molecule has 0 heterocycles. The molecule has 0 saturated heterocycles. The molecule has 2 rings (SSSR count). The fourth-order valence-electron chi connectivity index (χ4n) is 1.75. The highest BCUT2D eigenvalue weighted by atomic mass is 35.5. The van der Waals surface area contributed by atoms with E-state index in [0.29, 0.717) is 27.6 Å². The molecule has 0 spiro atoms. The first kappa shape index (κ1) is 14.3. The molecule has 0 saturated carbocycles. The van der Waals surface area contributed by atoms with E-state index in [4.69, 9.17) is 21.5 Å². The molecule has 0 aliphatic rings. The lowest BCUT2D eigenvalue weighted by Crippen LogP contribution is -2.03. The Hall–Kier alpha value is -2.07. The van der Waals surface area contributed by atoms with Crippen molar-refractivity contribution in [1.29, 1.82) is 0 Å². The SMILES string of the molecule is C/C(=N/O)c1ccccc1OCc1cc(Cl)ccc1F. The van der Waals surface area contributed by atoms with Crippen LogP contribution in [0.15, 0.2) is 47.6 Å². The zero-order valence-corrected chi connectivity index (χ0v) is 11.6. The maximum Gasteiger partial charge on any atom is 0.129 e. The van der Waals surface area contributed by atoms with E-state index >= 15 is 0 Å². The Morgan fingerprint density at radius 2 is 2.05 bits per heavy atom. The van der Waals surface area contributed by atoms with E-state index < -0.39 is 0 Å². The molecule has 0 atom stereocenters. The molecular formula is C15H13ClFNO2. The van der Waals surface area contributed by atoms with Gasteiger partial charge in [0.05, 0.1) is 5.71 Å². The van der Waals surface area contributed by atoms with Crippen LogP contribution in [0.2, 0.25) is 5.02 Å². The number of halogens is 2. The Labute approximate surface area is 121 Å². The fraction of sp³-hybridized carbons (Fsp3) is 0.133. The van der Waals surface area contributed by atoms with Gasteiger partial charge in [-0.05, 0) is 37.3 Å². The first-order valence-electron chi connectivity index (χ1n) is 5.96. The summed E-state index contributed by atoms with van der Waals surface area (Å²) in [6.45, 7) is 1.70. The molecule has 0 fully saturated rings. The van der Waals surface area contributed by atoms with Crippen LogP contribution in [-0.2, 0) is 6.61 Å². The minimum Gasteiger partial charge on any atom is -0.488 e. The molecule has 0 unspecified atom stereocenters. The summed E-state index contributed by atoms with van der Waals surface area (Å²) in [7, 11) is 0. The lowest BCUT2D eigenvalue weighted by Gasteiger charge is -2.11. The molecule has 3 nitrogen and oxygen atoms in total. The van der Waals surface area contributed by atoms with E-state index in [0.717, 1.165) is 0 Å². The zero-order chi connectivity index (χ0) is 14.5. The maximum absolute atomic E-state index is 13.6. The van der Waals surface area contributed by atoms with Gasteiger partial charge < -0.3 is 9.94 Å². The van der Waals surface area contributed by atoms with E-state index in [2.05, 4.69) is 5.16 Å². The lowest BCUT2D eigenvalue weighted by molar-refractivity contribution is 0.297. The summed E-state index contributed by atoms with van der Waals surface area (Å²) in [5.74, 6) is 0.140. The molecule has 0 aromatic heterocycles. The normalized spacial score (nSPS) is 11.4. The number of benzene rings is 2. The molecule has 0 bridgehead atoms. The maximum atomic E-state index is 13.6. The summed E-state index contributed by atoms with van der Waals surface area (Å²) >= 11 is 5.83. The van der Waals surface area contributed by atoms with Crippen LogP contribution in [0.1, 0.15) is 18.1 Å². The van der Waals surface area contributed by atoms with E-state index in [1.807, 2.05) is 0 Å². The van der Waals surface area contributed by atoms with Gasteiger partial charge >= 0.3 is 0 Å². The largest absolute Gasteiger partial charge is 0.488 e. The van der Waals surface area contributed by atoms with Crippen LogP contribution < -0.4 is 4.74 Å². The summed E-state index contributed by atoms with van der Waals surface area (Å²) in [5.41, 5.74) is 1.44. The third kappa shape index (κ3) is 3.27. The summed E-state index contributed by atoms with van der Waals surface area (Å²) in [4.78, 5) is 0. The molecule has 1 N–H and O–H groups in total. The minimum atomic E-state index is -0.376. The monoisotopic (exact) mass is 293 g/mol. The van der Waals surface area contributed by atoms with Gasteiger partial charge in [0.1, 0.15) is 18.2 Å². The Kier molecular flexibility index (Phi) is 4.58. The summed E-state index contributed by atoms with van der Waals surface area (Å²) in [5, 5.41) is 12.4. The van der Waals surface area contributed by atoms with Crippen LogP contribution in [0.3, 0.4) is 0 Å². The van der Waals surface area contributed by atoms with E-state index in [9.17, 15) is 4.39 Å². The molecule has 2 aromatic rings. The Morgan fingerprint density at radius 1 is 1.30 bits per heavy atom. The van der Waals surface area contributed by atoms with E-state index in [-0.39, 0.29) is 12.4 Å². The van der Waals surface area contributed by atoms with Crippen molar-refractivity contribution in [1.82, 2.24) is 0 Å². The lowest BCUT2D eigenvalue weighted by atomic mass is 10.1. The van der Waals surface area contributed by atoms with Crippen LogP contribution in [-0.4, -0.2) is 10.9 Å². The van der Waals surface area contributed by atoms with Crippen molar-refractivity contribution in [2.45, 2.75) is 13.5 Å². The number of para-hydroxylation sites is 1. The molecule has 0 aliphatic carbocycles. The zero-order valence-electron chi connectivity index (χ0n) is 10.8. The molecule has 0 amide bonds. The average molecular weight is 294 g/mol. The molecule has 20 heavy (non-hydrogen) atoms. The molecule has 5 heteroatoms. The Morgan fingerprint density at radius 3 is 2.80 bits per heavy atom. The highest BCUT2D eigenvalue weighted by Crippen LogP contribution is 2.22. The van der Waals surface area contributed by atoms with Crippen molar-refractivity contribution in [3.8, 4) is 5.75 Å². The van der Waals surface area contributed by atoms with Crippen LogP contribution in [0.5, 0.6) is 5.75 Å². The fourth-order valence-corrected chi connectivity index (χ4v) is 1.95. The van der Waals surface area contributed by atoms with E-state index in [1.54, 1.807) is 31.2 Å². The number of ether oxygens (including phenoxy) is 1. The van der Waals surface area contributed by atoms with Crippen molar-refractivity contribution in [3.05, 3.63) is 64.4 Å². The quantitative estimate of drug-likeness (QED) is 0.520. The number of nitrogens with zero attached hydrogens (tertiary/aromatic N) is 1. The second kappa shape index (κ2) is 6.39. The van der Waals surface area contributed by atoms with Crippen LogP contribution in [0.4, 0.5) is 4.39 Å². The predicted octanol–water partition coefficient (Wildman–Crippen LogP) is 4.26. The van der Waals surface area contributed by atoms with Crippen molar-refractivity contribution >= 4 is 17.3 Å². The predicted molar refractivity (Wildman–Crippen MR) is 76.2 cm³/mol. The summed E-state index contributed by atoms with van der Waals surface area (Å²) in [6.07, 6.45) is 0. The van der Waals surface area contributed by atoms with Gasteiger partial charge in [-0.3, -0.25) is 0 Å². The van der Waals surface area contributed by atoms with Gasteiger partial charge in [0, 0.05) is 16.1 Å². The average Bonchev–Trinajstić information content (AvgIpc) is 2.47. The third-order valence-corrected chi connectivity index (χ3v) is 3.05. The third-order valence-electron chi connectivity index (χ3n) is 2.82. The molecule has 2 aromatic carbocycles. The summed E-state index contributed by atoms with van der Waals surface area (Å²) < 4.78 is 19.2. The van der Waals surface area contributed by atoms with Gasteiger partial charge in [0.15, 0.2) is 0 Å². The van der Waals surface area contributed by atoms with Gasteiger partial charge in [-0.2, -0.15) is 0 Å². The van der Waals surface area contributed by atoms with Crippen molar-refractivity contribution in [2.75, 3.05) is 0 Å². The van der Waals surface area contributed by atoms with Crippen LogP contribution >= 0.6 is 11.6 Å².